The van der Waals surface area contributed by atoms with E-state index in [-0.39, 0.29) is 6.61 Å². The lowest BCUT2D eigenvalue weighted by atomic mass is 9.85. The number of likely N-dealkylation sites (N-methyl/N-ethyl adjacent to an activating group) is 2. The summed E-state index contributed by atoms with van der Waals surface area (Å²) >= 11 is 6.63. The molecule has 2 aromatic rings. The van der Waals surface area contributed by atoms with Crippen molar-refractivity contribution in [3.05, 3.63) is 70.0 Å². The number of aliphatic hydroxyl groups excluding tert-OH is 1. The molecule has 1 saturated heterocycles. The van der Waals surface area contributed by atoms with E-state index >= 15 is 0 Å². The molecule has 0 unspecified atom stereocenters. The van der Waals surface area contributed by atoms with Gasteiger partial charge in [-0.05, 0) is 45.0 Å². The average molecular weight is 557 g/mol. The van der Waals surface area contributed by atoms with Crippen molar-refractivity contribution < 1.29 is 14.2 Å². The summed E-state index contributed by atoms with van der Waals surface area (Å²) in [5.74, 6) is 0.0338. The second-order valence-electron chi connectivity index (χ2n) is 10.8. The molecule has 10 nitrogen and oxygen atoms in total. The van der Waals surface area contributed by atoms with E-state index < -0.39 is 11.9 Å². The molecule has 2 aromatic heterocycles. The predicted molar refractivity (Wildman–Crippen MR) is 144 cm³/mol. The van der Waals surface area contributed by atoms with Crippen LogP contribution in [0.1, 0.15) is 42.1 Å². The van der Waals surface area contributed by atoms with Gasteiger partial charge in [0.25, 0.3) is 0 Å². The van der Waals surface area contributed by atoms with Gasteiger partial charge in [0.15, 0.2) is 6.10 Å². The van der Waals surface area contributed by atoms with Crippen molar-refractivity contribution in [2.24, 2.45) is 0 Å². The van der Waals surface area contributed by atoms with E-state index in [2.05, 4.69) is 43.7 Å². The number of aromatic nitrogens is 4. The van der Waals surface area contributed by atoms with Gasteiger partial charge in [0.05, 0.1) is 41.8 Å². The first-order chi connectivity index (χ1) is 18.8. The Balaban J connectivity index is 1.24. The zero-order valence-electron chi connectivity index (χ0n) is 22.5. The van der Waals surface area contributed by atoms with Gasteiger partial charge in [0, 0.05) is 51.0 Å². The summed E-state index contributed by atoms with van der Waals surface area (Å²) in [7, 11) is 4.12. The van der Waals surface area contributed by atoms with Crippen LogP contribution in [0.2, 0.25) is 0 Å². The molecule has 1 atom stereocenters. The van der Waals surface area contributed by atoms with Crippen LogP contribution in [-0.4, -0.2) is 104 Å². The Kier molecular flexibility index (Phi) is 7.19. The molecule has 39 heavy (non-hydrogen) atoms. The normalized spacial score (nSPS) is 25.3. The molecule has 0 aromatic carbocycles. The van der Waals surface area contributed by atoms with Gasteiger partial charge in [-0.1, -0.05) is 16.8 Å². The molecule has 208 valence electrons. The molecule has 0 amide bonds. The lowest BCUT2D eigenvalue weighted by Gasteiger charge is -2.46. The fourth-order valence-corrected chi connectivity index (χ4v) is 6.13. The predicted octanol–water partition coefficient (Wildman–Crippen LogP) is 2.67. The van der Waals surface area contributed by atoms with Crippen molar-refractivity contribution in [3.8, 4) is 0 Å². The SMILES string of the molecule is Cc1c(C2=CN3C(=C(Cl)CN3C)C(O[C@H](CO)c3ccc(F)cn3)=C2)nnn1C1CC(N2CCN(C)CC2)C1. The molecule has 1 saturated carbocycles. The molecule has 3 aliphatic heterocycles. The molecule has 2 fully saturated rings. The quantitative estimate of drug-likeness (QED) is 0.553. The van der Waals surface area contributed by atoms with Crippen LogP contribution in [0.25, 0.3) is 5.57 Å². The number of hydrogen-bond donors (Lipinski definition) is 1. The summed E-state index contributed by atoms with van der Waals surface area (Å²) in [5.41, 5.74) is 3.72. The number of nitrogens with zero attached hydrogens (tertiary/aromatic N) is 8. The van der Waals surface area contributed by atoms with Crippen molar-refractivity contribution in [2.75, 3.05) is 53.4 Å². The van der Waals surface area contributed by atoms with Crippen molar-refractivity contribution >= 4 is 17.2 Å². The monoisotopic (exact) mass is 556 g/mol. The summed E-state index contributed by atoms with van der Waals surface area (Å²) in [5, 5.41) is 23.7. The first-order valence-corrected chi connectivity index (χ1v) is 13.8. The lowest BCUT2D eigenvalue weighted by Crippen LogP contribution is -2.53. The zero-order chi connectivity index (χ0) is 27.3. The third-order valence-corrected chi connectivity index (χ3v) is 8.51. The molecule has 5 heterocycles. The summed E-state index contributed by atoms with van der Waals surface area (Å²) in [6.07, 6.45) is 6.35. The zero-order valence-corrected chi connectivity index (χ0v) is 23.2. The number of fused-ring (bicyclic) bond motifs is 1. The van der Waals surface area contributed by atoms with Crippen molar-refractivity contribution in [2.45, 2.75) is 38.0 Å². The van der Waals surface area contributed by atoms with E-state index in [1.165, 1.54) is 12.1 Å². The Morgan fingerprint density at radius 1 is 1.15 bits per heavy atom. The number of ether oxygens (including phenoxy) is 1. The Morgan fingerprint density at radius 3 is 2.62 bits per heavy atom. The van der Waals surface area contributed by atoms with Gasteiger partial charge in [-0.25, -0.2) is 14.1 Å². The molecule has 12 heteroatoms. The number of halogens is 2. The van der Waals surface area contributed by atoms with Gasteiger partial charge in [-0.3, -0.25) is 14.9 Å². The maximum absolute atomic E-state index is 13.4. The highest BCUT2D eigenvalue weighted by Gasteiger charge is 2.38. The summed E-state index contributed by atoms with van der Waals surface area (Å²) < 4.78 is 21.8. The molecule has 6 rings (SSSR count). The summed E-state index contributed by atoms with van der Waals surface area (Å²) in [6.45, 7) is 6.73. The summed E-state index contributed by atoms with van der Waals surface area (Å²) in [6, 6.07) is 3.75. The number of pyridine rings is 1. The van der Waals surface area contributed by atoms with E-state index in [0.717, 1.165) is 62.2 Å². The molecular formula is C27H34ClFN8O2. The van der Waals surface area contributed by atoms with E-state index in [9.17, 15) is 9.50 Å². The number of piperazine rings is 1. The van der Waals surface area contributed by atoms with Crippen molar-refractivity contribution in [1.82, 2.24) is 39.8 Å². The van der Waals surface area contributed by atoms with Crippen LogP contribution >= 0.6 is 11.6 Å². The van der Waals surface area contributed by atoms with E-state index in [4.69, 9.17) is 16.3 Å². The number of allylic oxidation sites excluding steroid dienone is 2. The molecular weight excluding hydrogens is 523 g/mol. The number of rotatable bonds is 7. The smallest absolute Gasteiger partial charge is 0.163 e. The van der Waals surface area contributed by atoms with Crippen LogP contribution in [0.4, 0.5) is 4.39 Å². The minimum Gasteiger partial charge on any atom is -0.479 e. The first-order valence-electron chi connectivity index (χ1n) is 13.4. The third-order valence-electron chi connectivity index (χ3n) is 8.21. The van der Waals surface area contributed by atoms with Gasteiger partial charge in [-0.15, -0.1) is 5.10 Å². The van der Waals surface area contributed by atoms with Crippen LogP contribution in [0, 0.1) is 12.7 Å². The number of hydrogen-bond acceptors (Lipinski definition) is 9. The van der Waals surface area contributed by atoms with E-state index in [0.29, 0.717) is 40.8 Å². The van der Waals surface area contributed by atoms with Crippen LogP contribution in [-0.2, 0) is 4.74 Å². The summed E-state index contributed by atoms with van der Waals surface area (Å²) in [4.78, 5) is 9.09. The number of hydrazine groups is 1. The Hall–Kier alpha value is -2.83. The van der Waals surface area contributed by atoms with Crippen LogP contribution in [0.5, 0.6) is 0 Å². The molecule has 1 N–H and O–H groups in total. The van der Waals surface area contributed by atoms with Gasteiger partial charge >= 0.3 is 0 Å². The third kappa shape index (κ3) is 4.98. The lowest BCUT2D eigenvalue weighted by molar-refractivity contribution is 0.0394. The van der Waals surface area contributed by atoms with Crippen LogP contribution in [0.3, 0.4) is 0 Å². The second kappa shape index (κ2) is 10.6. The maximum atomic E-state index is 13.4. The topological polar surface area (TPSA) is 86.0 Å². The van der Waals surface area contributed by atoms with Crippen molar-refractivity contribution in [3.63, 3.8) is 0 Å². The molecule has 1 aliphatic carbocycles. The molecule has 0 spiro atoms. The highest BCUT2D eigenvalue weighted by atomic mass is 35.5. The highest BCUT2D eigenvalue weighted by molar-refractivity contribution is 6.30. The Labute approximate surface area is 232 Å². The molecule has 0 bridgehead atoms. The fraction of sp³-hybridized carbons (Fsp3) is 0.519. The first kappa shape index (κ1) is 26.4. The highest BCUT2D eigenvalue weighted by Crippen LogP contribution is 2.41. The van der Waals surface area contributed by atoms with Crippen LogP contribution in [0.15, 0.2) is 47.1 Å². The maximum Gasteiger partial charge on any atom is 0.163 e. The van der Waals surface area contributed by atoms with Crippen molar-refractivity contribution in [1.29, 1.82) is 0 Å². The van der Waals surface area contributed by atoms with Gasteiger partial charge < -0.3 is 14.7 Å². The van der Waals surface area contributed by atoms with E-state index in [1.54, 1.807) is 0 Å². The van der Waals surface area contributed by atoms with Crippen LogP contribution < -0.4 is 0 Å². The van der Waals surface area contributed by atoms with E-state index in [1.807, 2.05) is 29.3 Å². The van der Waals surface area contributed by atoms with Gasteiger partial charge in [-0.2, -0.15) is 0 Å². The standard InChI is InChI=1S/C27H34ClFN8O2/c1-17-26(31-32-37(17)21-11-20(12-21)35-8-6-33(2)7-9-35)18-10-24(27-22(28)15-34(3)36(27)14-18)39-25(16-38)23-5-4-19(29)13-30-23/h4-5,10,13-14,20-21,25,38H,6-9,11-12,15-16H2,1-3H3/t20?,21?,25-/m1/s1. The average Bonchev–Trinajstić information content (AvgIpc) is 3.42. The molecule has 4 aliphatic rings. The molecule has 0 radical (unpaired) electrons. The largest absolute Gasteiger partial charge is 0.479 e. The second-order valence-corrected chi connectivity index (χ2v) is 11.2. The fourth-order valence-electron chi connectivity index (χ4n) is 5.78. The number of aliphatic hydroxyl groups is 1. The van der Waals surface area contributed by atoms with Gasteiger partial charge in [0.1, 0.15) is 23.0 Å². The minimum absolute atomic E-state index is 0.332. The van der Waals surface area contributed by atoms with Gasteiger partial charge in [0.2, 0.25) is 0 Å². The Morgan fingerprint density at radius 2 is 1.92 bits per heavy atom. The Bertz CT molecular complexity index is 1310. The minimum atomic E-state index is -0.792.